The molecule has 0 fully saturated rings. The maximum absolute atomic E-state index is 12.3. The van der Waals surface area contributed by atoms with Gasteiger partial charge in [-0.15, -0.1) is 11.8 Å². The highest BCUT2D eigenvalue weighted by Gasteiger charge is 2.27. The van der Waals surface area contributed by atoms with Crippen LogP contribution in [0.3, 0.4) is 0 Å². The topological polar surface area (TPSA) is 38.3 Å². The van der Waals surface area contributed by atoms with E-state index in [9.17, 15) is 4.79 Å². The van der Waals surface area contributed by atoms with Gasteiger partial charge >= 0.3 is 0 Å². The van der Waals surface area contributed by atoms with Gasteiger partial charge in [0.15, 0.2) is 0 Å². The molecule has 2 aromatic carbocycles. The minimum atomic E-state index is 0.000890. The molecule has 2 aromatic rings. The minimum absolute atomic E-state index is 0.000890. The lowest BCUT2D eigenvalue weighted by Gasteiger charge is -2.14. The second-order valence-corrected chi connectivity index (χ2v) is 7.73. The molecule has 0 spiro atoms. The molecule has 1 heterocycles. The Hall–Kier alpha value is -1.78. The number of carbonyl (C=O) groups is 1. The van der Waals surface area contributed by atoms with Crippen molar-refractivity contribution in [3.8, 4) is 0 Å². The van der Waals surface area contributed by atoms with Crippen molar-refractivity contribution in [1.82, 2.24) is 5.32 Å². The molecule has 4 heteroatoms. The number of hydrogen-bond acceptors (Lipinski definition) is 3. The lowest BCUT2D eigenvalue weighted by molar-refractivity contribution is -0.120. The molecule has 1 aliphatic rings. The summed E-state index contributed by atoms with van der Waals surface area (Å²) in [6.45, 7) is 5.45. The summed E-state index contributed by atoms with van der Waals surface area (Å²) in [4.78, 5) is 13.6. The molecule has 1 amide bonds. The van der Waals surface area contributed by atoms with Crippen molar-refractivity contribution in [2.45, 2.75) is 42.9 Å². The Labute approximate surface area is 154 Å². The van der Waals surface area contributed by atoms with Crippen LogP contribution >= 0.6 is 11.8 Å². The second-order valence-electron chi connectivity index (χ2n) is 6.49. The third-order valence-electron chi connectivity index (χ3n) is 4.45. The Morgan fingerprint density at radius 3 is 2.88 bits per heavy atom. The number of rotatable bonds is 7. The monoisotopic (exact) mass is 355 g/mol. The number of ether oxygens (including phenoxy) is 1. The van der Waals surface area contributed by atoms with Crippen molar-refractivity contribution < 1.29 is 9.53 Å². The van der Waals surface area contributed by atoms with Crippen LogP contribution in [-0.4, -0.2) is 24.3 Å². The lowest BCUT2D eigenvalue weighted by atomic mass is 10.1. The number of fused-ring (bicyclic) bond motifs is 1. The standard InChI is InChI=1S/C21H25NO2S/c1-15-9-10-18-14-20(25-19(18)13-15)21(23)22-11-6-12-24-16(2)17-7-4-3-5-8-17/h3-5,7-10,13,16,20H,6,11-12,14H2,1-2H3,(H,22,23). The van der Waals surface area contributed by atoms with E-state index in [0.29, 0.717) is 13.2 Å². The quantitative estimate of drug-likeness (QED) is 0.753. The van der Waals surface area contributed by atoms with Crippen LogP contribution in [0.25, 0.3) is 0 Å². The zero-order valence-corrected chi connectivity index (χ0v) is 15.6. The Bertz CT molecular complexity index is 717. The van der Waals surface area contributed by atoms with Gasteiger partial charge in [0, 0.05) is 18.0 Å². The number of benzene rings is 2. The summed E-state index contributed by atoms with van der Waals surface area (Å²) >= 11 is 1.68. The van der Waals surface area contributed by atoms with Gasteiger partial charge in [0.2, 0.25) is 5.91 Å². The highest BCUT2D eigenvalue weighted by atomic mass is 32.2. The Morgan fingerprint density at radius 2 is 2.08 bits per heavy atom. The van der Waals surface area contributed by atoms with Crippen LogP contribution in [0, 0.1) is 6.92 Å². The zero-order valence-electron chi connectivity index (χ0n) is 14.8. The molecule has 0 aromatic heterocycles. The summed E-state index contributed by atoms with van der Waals surface area (Å²) in [5, 5.41) is 3.05. The van der Waals surface area contributed by atoms with E-state index < -0.39 is 0 Å². The third kappa shape index (κ3) is 4.86. The second kappa shape index (κ2) is 8.54. The minimum Gasteiger partial charge on any atom is -0.374 e. The molecule has 0 saturated heterocycles. The van der Waals surface area contributed by atoms with Gasteiger partial charge in [-0.3, -0.25) is 4.79 Å². The van der Waals surface area contributed by atoms with E-state index in [1.807, 2.05) is 18.2 Å². The number of carbonyl (C=O) groups excluding carboxylic acids is 1. The molecular weight excluding hydrogens is 330 g/mol. The fraction of sp³-hybridized carbons (Fsp3) is 0.381. The zero-order chi connectivity index (χ0) is 17.6. The van der Waals surface area contributed by atoms with Crippen molar-refractivity contribution >= 4 is 17.7 Å². The van der Waals surface area contributed by atoms with Gasteiger partial charge in [0.25, 0.3) is 0 Å². The molecule has 1 N–H and O–H groups in total. The highest BCUT2D eigenvalue weighted by molar-refractivity contribution is 8.01. The summed E-state index contributed by atoms with van der Waals surface area (Å²) in [5.74, 6) is 0.134. The van der Waals surface area contributed by atoms with E-state index in [2.05, 4.69) is 49.5 Å². The van der Waals surface area contributed by atoms with E-state index in [4.69, 9.17) is 4.74 Å². The van der Waals surface area contributed by atoms with E-state index in [-0.39, 0.29) is 17.3 Å². The molecule has 0 bridgehead atoms. The number of hydrogen-bond donors (Lipinski definition) is 1. The molecule has 1 aliphatic heterocycles. The average Bonchev–Trinajstić information content (AvgIpc) is 3.05. The molecule has 3 nitrogen and oxygen atoms in total. The fourth-order valence-corrected chi connectivity index (χ4v) is 4.28. The third-order valence-corrected chi connectivity index (χ3v) is 5.75. The fourth-order valence-electron chi connectivity index (χ4n) is 2.96. The predicted molar refractivity (Wildman–Crippen MR) is 103 cm³/mol. The van der Waals surface area contributed by atoms with Crippen LogP contribution in [0.2, 0.25) is 0 Å². The lowest BCUT2D eigenvalue weighted by Crippen LogP contribution is -2.33. The van der Waals surface area contributed by atoms with Crippen molar-refractivity contribution in [1.29, 1.82) is 0 Å². The maximum Gasteiger partial charge on any atom is 0.233 e. The molecule has 3 rings (SSSR count). The molecule has 0 aliphatic carbocycles. The van der Waals surface area contributed by atoms with E-state index in [1.165, 1.54) is 21.6 Å². The van der Waals surface area contributed by atoms with Crippen LogP contribution in [-0.2, 0) is 16.0 Å². The van der Waals surface area contributed by atoms with Crippen LogP contribution in [0.15, 0.2) is 53.4 Å². The first-order chi connectivity index (χ1) is 12.1. The molecule has 132 valence electrons. The van der Waals surface area contributed by atoms with Crippen LogP contribution in [0.1, 0.15) is 36.1 Å². The smallest absolute Gasteiger partial charge is 0.233 e. The van der Waals surface area contributed by atoms with Gasteiger partial charge < -0.3 is 10.1 Å². The largest absolute Gasteiger partial charge is 0.374 e. The van der Waals surface area contributed by atoms with Gasteiger partial charge in [0.1, 0.15) is 0 Å². The molecular formula is C21H25NO2S. The van der Waals surface area contributed by atoms with Crippen molar-refractivity contribution in [2.75, 3.05) is 13.2 Å². The summed E-state index contributed by atoms with van der Waals surface area (Å²) in [6.07, 6.45) is 1.74. The molecule has 2 unspecified atom stereocenters. The van der Waals surface area contributed by atoms with Gasteiger partial charge in [-0.1, -0.05) is 48.0 Å². The van der Waals surface area contributed by atoms with Crippen LogP contribution < -0.4 is 5.32 Å². The summed E-state index contributed by atoms with van der Waals surface area (Å²) in [7, 11) is 0. The van der Waals surface area contributed by atoms with E-state index >= 15 is 0 Å². The van der Waals surface area contributed by atoms with Crippen molar-refractivity contribution in [3.63, 3.8) is 0 Å². The van der Waals surface area contributed by atoms with Gasteiger partial charge in [0.05, 0.1) is 11.4 Å². The Kier molecular flexibility index (Phi) is 6.16. The normalized spacial score (nSPS) is 17.1. The summed E-state index contributed by atoms with van der Waals surface area (Å²) < 4.78 is 5.84. The number of thioether (sulfide) groups is 1. The average molecular weight is 356 g/mol. The predicted octanol–water partition coefficient (Wildman–Crippen LogP) is 4.30. The Balaban J connectivity index is 1.35. The first kappa shape index (κ1) is 18.0. The van der Waals surface area contributed by atoms with Crippen molar-refractivity contribution in [2.24, 2.45) is 0 Å². The summed E-state index contributed by atoms with van der Waals surface area (Å²) in [6, 6.07) is 16.6. The highest BCUT2D eigenvalue weighted by Crippen LogP contribution is 2.37. The van der Waals surface area contributed by atoms with Crippen LogP contribution in [0.5, 0.6) is 0 Å². The Morgan fingerprint density at radius 1 is 1.28 bits per heavy atom. The van der Waals surface area contributed by atoms with Crippen LogP contribution in [0.4, 0.5) is 0 Å². The maximum atomic E-state index is 12.3. The molecule has 25 heavy (non-hydrogen) atoms. The van der Waals surface area contributed by atoms with Crippen molar-refractivity contribution in [3.05, 3.63) is 65.2 Å². The summed E-state index contributed by atoms with van der Waals surface area (Å²) in [5.41, 5.74) is 3.72. The number of nitrogens with one attached hydrogen (secondary N) is 1. The SMILES string of the molecule is Cc1ccc2c(c1)SC(C(=O)NCCCOC(C)c1ccccc1)C2. The molecule has 0 saturated carbocycles. The van der Waals surface area contributed by atoms with E-state index in [0.717, 1.165) is 12.8 Å². The molecule has 0 radical (unpaired) electrons. The van der Waals surface area contributed by atoms with Gasteiger partial charge in [-0.2, -0.15) is 0 Å². The first-order valence-electron chi connectivity index (χ1n) is 8.84. The van der Waals surface area contributed by atoms with Gasteiger partial charge in [-0.05, 0) is 43.9 Å². The van der Waals surface area contributed by atoms with E-state index in [1.54, 1.807) is 11.8 Å². The molecule has 2 atom stereocenters. The first-order valence-corrected chi connectivity index (χ1v) is 9.72. The van der Waals surface area contributed by atoms with Gasteiger partial charge in [-0.25, -0.2) is 0 Å². The number of aryl methyl sites for hydroxylation is 1. The number of amides is 1.